The first-order valence-corrected chi connectivity index (χ1v) is 14.1. The quantitative estimate of drug-likeness (QED) is 0.259. The summed E-state index contributed by atoms with van der Waals surface area (Å²) in [7, 11) is 0. The van der Waals surface area contributed by atoms with Crippen LogP contribution in [-0.4, -0.2) is 62.8 Å². The van der Waals surface area contributed by atoms with E-state index >= 15 is 4.39 Å². The first-order valence-electron chi connectivity index (χ1n) is 14.1. The molecule has 0 radical (unpaired) electrons. The number of hydrogen-bond donors (Lipinski definition) is 2. The van der Waals surface area contributed by atoms with Crippen molar-refractivity contribution in [3.05, 3.63) is 71.9 Å². The van der Waals surface area contributed by atoms with E-state index in [-0.39, 0.29) is 23.0 Å². The van der Waals surface area contributed by atoms with E-state index < -0.39 is 11.8 Å². The minimum absolute atomic E-state index is 0.0260. The number of piperidine rings is 1. The zero-order valence-electron chi connectivity index (χ0n) is 23.1. The predicted octanol–water partition coefficient (Wildman–Crippen LogP) is 5.90. The smallest absolute Gasteiger partial charge is 0.352 e. The number of hydrogen-bond acceptors (Lipinski definition) is 4. The first-order chi connectivity index (χ1) is 19.4. The monoisotopic (exact) mass is 545 g/mol. The third-order valence-electron chi connectivity index (χ3n) is 7.86. The Labute approximate surface area is 233 Å². The largest absolute Gasteiger partial charge is 0.477 e. The van der Waals surface area contributed by atoms with Crippen molar-refractivity contribution in [2.75, 3.05) is 31.1 Å². The molecule has 1 amide bonds. The van der Waals surface area contributed by atoms with Gasteiger partial charge in [-0.25, -0.2) is 9.18 Å². The van der Waals surface area contributed by atoms with Crippen molar-refractivity contribution in [1.29, 1.82) is 0 Å². The second-order valence-electron chi connectivity index (χ2n) is 10.4. The van der Waals surface area contributed by atoms with E-state index in [9.17, 15) is 14.7 Å². The molecule has 0 aliphatic carbocycles. The van der Waals surface area contributed by atoms with Gasteiger partial charge in [-0.1, -0.05) is 19.1 Å². The summed E-state index contributed by atoms with van der Waals surface area (Å²) in [5.74, 6) is -1.75. The second-order valence-corrected chi connectivity index (χ2v) is 10.4. The number of aromatic amines is 1. The zero-order valence-corrected chi connectivity index (χ0v) is 23.1. The third-order valence-corrected chi connectivity index (χ3v) is 7.86. The number of aromatic carboxylic acids is 1. The molecule has 9 heteroatoms. The van der Waals surface area contributed by atoms with Crippen molar-refractivity contribution in [2.24, 2.45) is 0 Å². The maximum atomic E-state index is 16.0. The maximum absolute atomic E-state index is 16.0. The number of likely N-dealkylation sites (tertiary alicyclic amines) is 1. The Kier molecular flexibility index (Phi) is 8.19. The molecule has 3 heterocycles. The first kappa shape index (κ1) is 27.4. The highest BCUT2D eigenvalue weighted by atomic mass is 19.1. The summed E-state index contributed by atoms with van der Waals surface area (Å²) in [6.45, 7) is 7.71. The number of nitrogens with zero attached hydrogens (tertiary/aromatic N) is 4. The SMILES string of the molecule is CCCN(CC)c1ccc(-c2cc([C@H]3CCCN(C(=O)CCn4cccn4)C3)c(F)c3[nH]c(C(=O)O)cc23)cc1. The molecule has 1 fully saturated rings. The third kappa shape index (κ3) is 5.59. The highest BCUT2D eigenvalue weighted by Crippen LogP contribution is 2.39. The highest BCUT2D eigenvalue weighted by Gasteiger charge is 2.29. The van der Waals surface area contributed by atoms with Gasteiger partial charge < -0.3 is 19.9 Å². The summed E-state index contributed by atoms with van der Waals surface area (Å²) in [5.41, 5.74) is 3.43. The molecular weight excluding hydrogens is 509 g/mol. The molecule has 1 aliphatic heterocycles. The standard InChI is InChI=1S/C31H36FN5O3/c1-3-14-35(4-2)23-10-8-21(9-11-23)24-18-25(29(32)30-26(24)19-27(34-30)31(39)40)22-7-5-15-36(20-22)28(38)12-17-37-16-6-13-33-37/h6,8-11,13,16,18-19,22,34H,3-5,7,12,14-15,17,20H2,1-2H3,(H,39,40)/t22-/m0/s1. The number of halogens is 1. The molecule has 1 saturated heterocycles. The molecule has 1 atom stereocenters. The molecule has 0 saturated carbocycles. The van der Waals surface area contributed by atoms with Crippen LogP contribution in [0.5, 0.6) is 0 Å². The Hall–Kier alpha value is -4.14. The van der Waals surface area contributed by atoms with Crippen LogP contribution in [0.3, 0.4) is 0 Å². The summed E-state index contributed by atoms with van der Waals surface area (Å²) in [5, 5.41) is 14.3. The lowest BCUT2D eigenvalue weighted by Gasteiger charge is -2.33. The number of carbonyl (C=O) groups is 2. The van der Waals surface area contributed by atoms with Gasteiger partial charge >= 0.3 is 5.97 Å². The lowest BCUT2D eigenvalue weighted by Crippen LogP contribution is -2.39. The normalized spacial score (nSPS) is 15.5. The Morgan fingerprint density at radius 3 is 2.67 bits per heavy atom. The van der Waals surface area contributed by atoms with Crippen molar-refractivity contribution in [1.82, 2.24) is 19.7 Å². The van der Waals surface area contributed by atoms with E-state index in [0.717, 1.165) is 49.2 Å². The average molecular weight is 546 g/mol. The molecule has 1 aliphatic rings. The zero-order chi connectivity index (χ0) is 28.2. The number of nitrogens with one attached hydrogen (secondary N) is 1. The molecule has 8 nitrogen and oxygen atoms in total. The van der Waals surface area contributed by atoms with Crippen LogP contribution in [0.2, 0.25) is 0 Å². The Morgan fingerprint density at radius 1 is 1.20 bits per heavy atom. The van der Waals surface area contributed by atoms with E-state index in [0.29, 0.717) is 37.0 Å². The molecule has 4 aromatic rings. The Balaban J connectivity index is 1.48. The average Bonchev–Trinajstić information content (AvgIpc) is 3.66. The summed E-state index contributed by atoms with van der Waals surface area (Å²) in [6.07, 6.45) is 6.42. The molecule has 2 N–H and O–H groups in total. The van der Waals surface area contributed by atoms with Crippen LogP contribution in [0.4, 0.5) is 10.1 Å². The number of amides is 1. The van der Waals surface area contributed by atoms with Crippen molar-refractivity contribution < 1.29 is 19.1 Å². The van der Waals surface area contributed by atoms with E-state index in [2.05, 4.69) is 41.0 Å². The minimum Gasteiger partial charge on any atom is -0.477 e. The van der Waals surface area contributed by atoms with Gasteiger partial charge in [0.2, 0.25) is 5.91 Å². The molecule has 0 spiro atoms. The molecular formula is C31H36FN5O3. The van der Waals surface area contributed by atoms with Crippen LogP contribution in [0.25, 0.3) is 22.0 Å². The molecule has 0 bridgehead atoms. The number of aromatic nitrogens is 3. The van der Waals surface area contributed by atoms with E-state index in [1.165, 1.54) is 6.07 Å². The van der Waals surface area contributed by atoms with Crippen LogP contribution < -0.4 is 4.90 Å². The minimum atomic E-state index is -1.14. The molecule has 0 unspecified atom stereocenters. The van der Waals surface area contributed by atoms with Gasteiger partial charge in [0.15, 0.2) is 5.82 Å². The van der Waals surface area contributed by atoms with Gasteiger partial charge in [-0.2, -0.15) is 5.10 Å². The second kappa shape index (κ2) is 11.9. The van der Waals surface area contributed by atoms with Crippen LogP contribution in [0, 0.1) is 5.82 Å². The van der Waals surface area contributed by atoms with Gasteiger partial charge in [-0.05, 0) is 73.2 Å². The highest BCUT2D eigenvalue weighted by molar-refractivity contribution is 6.01. The van der Waals surface area contributed by atoms with Crippen LogP contribution >= 0.6 is 0 Å². The number of rotatable bonds is 10. The number of carboxylic acids is 1. The van der Waals surface area contributed by atoms with E-state index in [1.807, 2.05) is 35.4 Å². The lowest BCUT2D eigenvalue weighted by molar-refractivity contribution is -0.132. The summed E-state index contributed by atoms with van der Waals surface area (Å²) in [4.78, 5) is 31.7. The van der Waals surface area contributed by atoms with Crippen molar-refractivity contribution in [3.63, 3.8) is 0 Å². The van der Waals surface area contributed by atoms with Gasteiger partial charge in [-0.15, -0.1) is 0 Å². The summed E-state index contributed by atoms with van der Waals surface area (Å²) < 4.78 is 17.8. The fraction of sp³-hybridized carbons (Fsp3) is 0.387. The van der Waals surface area contributed by atoms with Gasteiger partial charge in [0.25, 0.3) is 0 Å². The molecule has 2 aromatic carbocycles. The van der Waals surface area contributed by atoms with Gasteiger partial charge in [0.1, 0.15) is 5.69 Å². The predicted molar refractivity (Wildman–Crippen MR) is 154 cm³/mol. The number of carbonyl (C=O) groups excluding carboxylic acids is 1. The maximum Gasteiger partial charge on any atom is 0.352 e. The summed E-state index contributed by atoms with van der Waals surface area (Å²) >= 11 is 0. The fourth-order valence-corrected chi connectivity index (χ4v) is 5.78. The van der Waals surface area contributed by atoms with Crippen LogP contribution in [0.15, 0.2) is 54.9 Å². The van der Waals surface area contributed by atoms with Gasteiger partial charge in [0, 0.05) is 68.5 Å². The number of anilines is 1. The topological polar surface area (TPSA) is 94.5 Å². The number of fused-ring (bicyclic) bond motifs is 1. The molecule has 210 valence electrons. The van der Waals surface area contributed by atoms with Crippen molar-refractivity contribution >= 4 is 28.5 Å². The molecule has 40 heavy (non-hydrogen) atoms. The summed E-state index contributed by atoms with van der Waals surface area (Å²) in [6, 6.07) is 13.4. The van der Waals surface area contributed by atoms with E-state index in [4.69, 9.17) is 0 Å². The Bertz CT molecular complexity index is 1480. The van der Waals surface area contributed by atoms with Gasteiger partial charge in [-0.3, -0.25) is 9.48 Å². The number of aryl methyl sites for hydroxylation is 1. The Morgan fingerprint density at radius 2 is 2.00 bits per heavy atom. The molecule has 2 aromatic heterocycles. The number of benzene rings is 2. The van der Waals surface area contributed by atoms with Crippen LogP contribution in [-0.2, 0) is 11.3 Å². The lowest BCUT2D eigenvalue weighted by atomic mass is 9.87. The van der Waals surface area contributed by atoms with Gasteiger partial charge in [0.05, 0.1) is 5.52 Å². The molecule has 5 rings (SSSR count). The fourth-order valence-electron chi connectivity index (χ4n) is 5.78. The van der Waals surface area contributed by atoms with E-state index in [1.54, 1.807) is 10.9 Å². The number of carboxylic acid groups (broad SMARTS) is 1. The van der Waals surface area contributed by atoms with Crippen molar-refractivity contribution in [2.45, 2.75) is 52.0 Å². The number of H-pyrrole nitrogens is 1. The van der Waals surface area contributed by atoms with Crippen molar-refractivity contribution in [3.8, 4) is 11.1 Å². The van der Waals surface area contributed by atoms with Crippen LogP contribution in [0.1, 0.15) is 61.5 Å².